The van der Waals surface area contributed by atoms with Crippen LogP contribution in [0.25, 0.3) is 10.9 Å². The van der Waals surface area contributed by atoms with Gasteiger partial charge in [0.25, 0.3) is 0 Å². The van der Waals surface area contributed by atoms with E-state index in [2.05, 4.69) is 34.6 Å². The summed E-state index contributed by atoms with van der Waals surface area (Å²) in [6, 6.07) is 8.75. The van der Waals surface area contributed by atoms with Gasteiger partial charge < -0.3 is 10.3 Å². The molecular formula is C15H21N3O2S. The summed E-state index contributed by atoms with van der Waals surface area (Å²) in [4.78, 5) is 3.22. The Labute approximate surface area is 125 Å². The van der Waals surface area contributed by atoms with Crippen LogP contribution in [0.5, 0.6) is 0 Å². The third-order valence-corrected chi connectivity index (χ3v) is 5.49. The van der Waals surface area contributed by atoms with Gasteiger partial charge in [-0.2, -0.15) is 0 Å². The average Bonchev–Trinajstić information content (AvgIpc) is 2.93. The van der Waals surface area contributed by atoms with Gasteiger partial charge in [0.15, 0.2) is 0 Å². The van der Waals surface area contributed by atoms with E-state index in [1.54, 1.807) is 4.31 Å². The molecule has 0 bridgehead atoms. The second kappa shape index (κ2) is 5.79. The zero-order valence-corrected chi connectivity index (χ0v) is 13.0. The summed E-state index contributed by atoms with van der Waals surface area (Å²) in [5.74, 6) is 0. The molecule has 1 fully saturated rings. The molecular weight excluding hydrogens is 286 g/mol. The fraction of sp³-hybridized carbons (Fsp3) is 0.467. The van der Waals surface area contributed by atoms with Crippen molar-refractivity contribution in [3.05, 3.63) is 36.0 Å². The summed E-state index contributed by atoms with van der Waals surface area (Å²) in [5, 5.41) is 4.81. The van der Waals surface area contributed by atoms with Gasteiger partial charge in [-0.1, -0.05) is 12.1 Å². The van der Waals surface area contributed by atoms with Gasteiger partial charge >= 0.3 is 0 Å². The van der Waals surface area contributed by atoms with E-state index in [9.17, 15) is 8.42 Å². The fourth-order valence-electron chi connectivity index (χ4n) is 2.95. The Bertz CT molecular complexity index is 715. The first-order chi connectivity index (χ1) is 10.0. The van der Waals surface area contributed by atoms with Crippen LogP contribution in [-0.4, -0.2) is 43.1 Å². The number of rotatable bonds is 4. The Morgan fingerprint density at radius 3 is 2.76 bits per heavy atom. The number of piperidine rings is 1. The molecule has 1 aromatic carbocycles. The maximum atomic E-state index is 11.5. The summed E-state index contributed by atoms with van der Waals surface area (Å²) in [5.41, 5.74) is 2.43. The number of nitrogens with one attached hydrogen (secondary N) is 2. The first-order valence-electron chi connectivity index (χ1n) is 7.27. The highest BCUT2D eigenvalue weighted by atomic mass is 32.2. The predicted octanol–water partition coefficient (Wildman–Crippen LogP) is 1.68. The van der Waals surface area contributed by atoms with Gasteiger partial charge in [0.1, 0.15) is 0 Å². The minimum atomic E-state index is -3.04. The molecule has 21 heavy (non-hydrogen) atoms. The molecule has 0 aliphatic carbocycles. The van der Waals surface area contributed by atoms with Crippen molar-refractivity contribution in [1.29, 1.82) is 0 Å². The number of sulfonamides is 1. The minimum Gasteiger partial charge on any atom is -0.361 e. The molecule has 0 spiro atoms. The predicted molar refractivity (Wildman–Crippen MR) is 84.6 cm³/mol. The normalized spacial score (nSPS) is 18.3. The van der Waals surface area contributed by atoms with Crippen molar-refractivity contribution in [3.8, 4) is 0 Å². The number of hydrogen-bond donors (Lipinski definition) is 2. The molecule has 0 atom stereocenters. The van der Waals surface area contributed by atoms with Crippen LogP contribution in [0, 0.1) is 0 Å². The van der Waals surface area contributed by atoms with Gasteiger partial charge in [0, 0.05) is 42.8 Å². The lowest BCUT2D eigenvalue weighted by Gasteiger charge is -2.30. The Hall–Kier alpha value is -1.37. The van der Waals surface area contributed by atoms with Crippen LogP contribution in [0.3, 0.4) is 0 Å². The molecule has 2 aromatic rings. The van der Waals surface area contributed by atoms with E-state index >= 15 is 0 Å². The SMILES string of the molecule is CS(=O)(=O)N1CCC(NCc2cccc3[nH]ccc23)CC1. The van der Waals surface area contributed by atoms with Gasteiger partial charge in [-0.3, -0.25) is 0 Å². The molecule has 114 valence electrons. The van der Waals surface area contributed by atoms with Crippen LogP contribution in [0.4, 0.5) is 0 Å². The first-order valence-corrected chi connectivity index (χ1v) is 9.12. The first kappa shape index (κ1) is 14.6. The van der Waals surface area contributed by atoms with Gasteiger partial charge in [-0.25, -0.2) is 12.7 Å². The summed E-state index contributed by atoms with van der Waals surface area (Å²) < 4.78 is 24.5. The van der Waals surface area contributed by atoms with Crippen LogP contribution in [0.15, 0.2) is 30.5 Å². The number of H-pyrrole nitrogens is 1. The summed E-state index contributed by atoms with van der Waals surface area (Å²) in [7, 11) is -3.04. The Kier molecular flexibility index (Phi) is 4.01. The monoisotopic (exact) mass is 307 g/mol. The lowest BCUT2D eigenvalue weighted by molar-refractivity contribution is 0.290. The highest BCUT2D eigenvalue weighted by Gasteiger charge is 2.24. The number of aromatic amines is 1. The minimum absolute atomic E-state index is 0.386. The van der Waals surface area contributed by atoms with Gasteiger partial charge in [0.05, 0.1) is 6.26 Å². The second-order valence-corrected chi connectivity index (χ2v) is 7.66. The standard InChI is InChI=1S/C15H21N3O2S/c1-21(19,20)18-9-6-13(7-10-18)17-11-12-3-2-4-15-14(12)5-8-16-15/h2-5,8,13,16-17H,6-7,9-11H2,1H3. The average molecular weight is 307 g/mol. The zero-order valence-electron chi connectivity index (χ0n) is 12.2. The van der Waals surface area contributed by atoms with Crippen molar-refractivity contribution in [2.24, 2.45) is 0 Å². The molecule has 0 saturated carbocycles. The van der Waals surface area contributed by atoms with Crippen molar-refractivity contribution >= 4 is 20.9 Å². The van der Waals surface area contributed by atoms with Crippen LogP contribution in [0.2, 0.25) is 0 Å². The molecule has 0 amide bonds. The van der Waals surface area contributed by atoms with Gasteiger partial charge in [-0.15, -0.1) is 0 Å². The summed E-state index contributed by atoms with van der Waals surface area (Å²) in [6.45, 7) is 2.05. The van der Waals surface area contributed by atoms with Crippen molar-refractivity contribution in [1.82, 2.24) is 14.6 Å². The molecule has 1 saturated heterocycles. The zero-order chi connectivity index (χ0) is 14.9. The number of aromatic nitrogens is 1. The third kappa shape index (κ3) is 3.28. The maximum Gasteiger partial charge on any atom is 0.211 e. The quantitative estimate of drug-likeness (QED) is 0.903. The van der Waals surface area contributed by atoms with Crippen LogP contribution >= 0.6 is 0 Å². The number of benzene rings is 1. The number of hydrogen-bond acceptors (Lipinski definition) is 3. The van der Waals surface area contributed by atoms with Crippen LogP contribution < -0.4 is 5.32 Å². The molecule has 0 unspecified atom stereocenters. The van der Waals surface area contributed by atoms with E-state index < -0.39 is 10.0 Å². The molecule has 1 aliphatic heterocycles. The molecule has 5 nitrogen and oxygen atoms in total. The highest BCUT2D eigenvalue weighted by molar-refractivity contribution is 7.88. The van der Waals surface area contributed by atoms with Crippen LogP contribution in [-0.2, 0) is 16.6 Å². The number of fused-ring (bicyclic) bond motifs is 1. The second-order valence-electron chi connectivity index (χ2n) is 5.67. The fourth-order valence-corrected chi connectivity index (χ4v) is 3.82. The number of nitrogens with zero attached hydrogens (tertiary/aromatic N) is 1. The highest BCUT2D eigenvalue weighted by Crippen LogP contribution is 2.18. The lowest BCUT2D eigenvalue weighted by Crippen LogP contribution is -2.44. The van der Waals surface area contributed by atoms with Gasteiger partial charge in [-0.05, 0) is 30.5 Å². The van der Waals surface area contributed by atoms with Crippen molar-refractivity contribution < 1.29 is 8.42 Å². The topological polar surface area (TPSA) is 65.2 Å². The van der Waals surface area contributed by atoms with Gasteiger partial charge in [0.2, 0.25) is 10.0 Å². The Morgan fingerprint density at radius 2 is 2.05 bits per heavy atom. The smallest absolute Gasteiger partial charge is 0.211 e. The summed E-state index contributed by atoms with van der Waals surface area (Å²) in [6.07, 6.45) is 4.98. The molecule has 1 aliphatic rings. The van der Waals surface area contributed by atoms with E-state index in [0.717, 1.165) is 24.9 Å². The van der Waals surface area contributed by atoms with E-state index in [0.29, 0.717) is 19.1 Å². The van der Waals surface area contributed by atoms with Crippen molar-refractivity contribution in [2.45, 2.75) is 25.4 Å². The Morgan fingerprint density at radius 1 is 1.29 bits per heavy atom. The summed E-state index contributed by atoms with van der Waals surface area (Å²) >= 11 is 0. The lowest BCUT2D eigenvalue weighted by atomic mass is 10.1. The molecule has 2 heterocycles. The van der Waals surface area contributed by atoms with Crippen LogP contribution in [0.1, 0.15) is 18.4 Å². The van der Waals surface area contributed by atoms with E-state index in [1.807, 2.05) is 6.20 Å². The van der Waals surface area contributed by atoms with E-state index in [4.69, 9.17) is 0 Å². The van der Waals surface area contributed by atoms with E-state index in [1.165, 1.54) is 17.2 Å². The van der Waals surface area contributed by atoms with Crippen molar-refractivity contribution in [3.63, 3.8) is 0 Å². The third-order valence-electron chi connectivity index (χ3n) is 4.19. The molecule has 2 N–H and O–H groups in total. The van der Waals surface area contributed by atoms with Crippen molar-refractivity contribution in [2.75, 3.05) is 19.3 Å². The molecule has 0 radical (unpaired) electrons. The largest absolute Gasteiger partial charge is 0.361 e. The maximum absolute atomic E-state index is 11.5. The molecule has 6 heteroatoms. The van der Waals surface area contributed by atoms with E-state index in [-0.39, 0.29) is 0 Å². The molecule has 3 rings (SSSR count). The molecule has 1 aromatic heterocycles. The Balaban J connectivity index is 1.58.